The highest BCUT2D eigenvalue weighted by Gasteiger charge is 2.33. The summed E-state index contributed by atoms with van der Waals surface area (Å²) in [6, 6.07) is 12.1. The van der Waals surface area contributed by atoms with Crippen molar-refractivity contribution >= 4 is 28.3 Å². The third-order valence-electron chi connectivity index (χ3n) is 7.36. The monoisotopic (exact) mass is 468 g/mol. The standard InChI is InChI=1S/C26H28N8O/c1-17-15-34-23(28-25(17)32-12-10-18(14-27)16-32)13-20(29-34)22-9-5-6-11-33(22)26(35)24-19-7-3-4-8-21(19)31(2)30-24/h3-4,7-8,13,15,18,22H,5-6,9-12,16H2,1-2H3. The van der Waals surface area contributed by atoms with Gasteiger partial charge in [-0.1, -0.05) is 18.2 Å². The molecule has 1 amide bonds. The predicted octanol–water partition coefficient (Wildman–Crippen LogP) is 3.64. The van der Waals surface area contributed by atoms with Crippen molar-refractivity contribution in [1.29, 1.82) is 5.26 Å². The van der Waals surface area contributed by atoms with Crippen molar-refractivity contribution in [3.05, 3.63) is 53.5 Å². The third kappa shape index (κ3) is 3.60. The maximum atomic E-state index is 13.7. The Balaban J connectivity index is 1.34. The average molecular weight is 469 g/mol. The van der Waals surface area contributed by atoms with E-state index in [4.69, 9.17) is 10.1 Å². The van der Waals surface area contributed by atoms with Gasteiger partial charge in [-0.15, -0.1) is 0 Å². The molecule has 35 heavy (non-hydrogen) atoms. The van der Waals surface area contributed by atoms with Crippen molar-refractivity contribution < 1.29 is 4.79 Å². The van der Waals surface area contributed by atoms with Gasteiger partial charge in [0, 0.05) is 49.9 Å². The molecule has 6 rings (SSSR count). The van der Waals surface area contributed by atoms with Gasteiger partial charge in [0.25, 0.3) is 5.91 Å². The summed E-state index contributed by atoms with van der Waals surface area (Å²) >= 11 is 0. The van der Waals surface area contributed by atoms with Crippen LogP contribution in [0.15, 0.2) is 36.5 Å². The average Bonchev–Trinajstić information content (AvgIpc) is 3.60. The van der Waals surface area contributed by atoms with Crippen molar-refractivity contribution in [2.75, 3.05) is 24.5 Å². The number of carbonyl (C=O) groups is 1. The molecule has 0 spiro atoms. The lowest BCUT2D eigenvalue weighted by Gasteiger charge is -2.34. The Morgan fingerprint density at radius 2 is 2.00 bits per heavy atom. The third-order valence-corrected chi connectivity index (χ3v) is 7.36. The van der Waals surface area contributed by atoms with Crippen molar-refractivity contribution in [3.8, 4) is 6.07 Å². The molecule has 2 aliphatic heterocycles. The van der Waals surface area contributed by atoms with Gasteiger partial charge in [-0.3, -0.25) is 9.48 Å². The molecule has 2 atom stereocenters. The molecule has 0 radical (unpaired) electrons. The van der Waals surface area contributed by atoms with Gasteiger partial charge in [0.05, 0.1) is 29.2 Å². The van der Waals surface area contributed by atoms with Gasteiger partial charge in [-0.25, -0.2) is 9.50 Å². The van der Waals surface area contributed by atoms with Crippen molar-refractivity contribution in [2.45, 2.75) is 38.6 Å². The lowest BCUT2D eigenvalue weighted by Crippen LogP contribution is -2.39. The minimum absolute atomic E-state index is 0.0482. The molecular weight excluding hydrogens is 440 g/mol. The smallest absolute Gasteiger partial charge is 0.275 e. The number of nitrogens with zero attached hydrogens (tertiary/aromatic N) is 8. The number of aryl methyl sites for hydroxylation is 2. The second kappa shape index (κ2) is 8.38. The first-order chi connectivity index (χ1) is 17.0. The zero-order chi connectivity index (χ0) is 24.1. The number of fused-ring (bicyclic) bond motifs is 2. The summed E-state index contributed by atoms with van der Waals surface area (Å²) in [6.07, 6.45) is 5.75. The zero-order valence-corrected chi connectivity index (χ0v) is 20.1. The summed E-state index contributed by atoms with van der Waals surface area (Å²) in [4.78, 5) is 22.8. The number of para-hydroxylation sites is 1. The van der Waals surface area contributed by atoms with Crippen LogP contribution < -0.4 is 4.90 Å². The van der Waals surface area contributed by atoms with Gasteiger partial charge in [0.15, 0.2) is 11.3 Å². The van der Waals surface area contributed by atoms with Gasteiger partial charge in [0.1, 0.15) is 5.82 Å². The van der Waals surface area contributed by atoms with Crippen LogP contribution in [0.1, 0.15) is 53.5 Å². The Kier molecular flexibility index (Phi) is 5.17. The molecule has 2 unspecified atom stereocenters. The second-order valence-corrected chi connectivity index (χ2v) is 9.68. The van der Waals surface area contributed by atoms with Crippen molar-refractivity contribution in [3.63, 3.8) is 0 Å². The fourth-order valence-corrected chi connectivity index (χ4v) is 5.55. The molecule has 0 N–H and O–H groups in total. The van der Waals surface area contributed by atoms with E-state index < -0.39 is 0 Å². The molecule has 1 aromatic carbocycles. The molecule has 0 aliphatic carbocycles. The van der Waals surface area contributed by atoms with Crippen LogP contribution in [0.5, 0.6) is 0 Å². The van der Waals surface area contributed by atoms with Crippen LogP contribution in [0.3, 0.4) is 0 Å². The molecule has 0 saturated carbocycles. The number of nitriles is 1. The largest absolute Gasteiger partial charge is 0.355 e. The van der Waals surface area contributed by atoms with E-state index in [2.05, 4.69) is 16.1 Å². The van der Waals surface area contributed by atoms with Crippen LogP contribution in [0.25, 0.3) is 16.6 Å². The summed E-state index contributed by atoms with van der Waals surface area (Å²) in [6.45, 7) is 4.27. The summed E-state index contributed by atoms with van der Waals surface area (Å²) in [5, 5.41) is 19.6. The van der Waals surface area contributed by atoms with Crippen LogP contribution >= 0.6 is 0 Å². The molecule has 9 heteroatoms. The van der Waals surface area contributed by atoms with Crippen molar-refractivity contribution in [1.82, 2.24) is 29.3 Å². The maximum Gasteiger partial charge on any atom is 0.275 e. The Bertz CT molecular complexity index is 1480. The molecule has 4 aromatic rings. The number of carbonyl (C=O) groups excluding carboxylic acids is 1. The summed E-state index contributed by atoms with van der Waals surface area (Å²) in [5.41, 5.74) is 4.10. The fraction of sp³-hybridized carbons (Fsp3) is 0.423. The predicted molar refractivity (Wildman–Crippen MR) is 132 cm³/mol. The van der Waals surface area contributed by atoms with E-state index in [-0.39, 0.29) is 17.9 Å². The van der Waals surface area contributed by atoms with Gasteiger partial charge >= 0.3 is 0 Å². The number of aromatic nitrogens is 5. The van der Waals surface area contributed by atoms with Crippen LogP contribution in [0.4, 0.5) is 5.82 Å². The summed E-state index contributed by atoms with van der Waals surface area (Å²) in [5.74, 6) is 0.920. The lowest BCUT2D eigenvalue weighted by atomic mass is 9.98. The Labute approximate surface area is 203 Å². The Hall–Kier alpha value is -3.93. The Morgan fingerprint density at radius 3 is 2.83 bits per heavy atom. The number of likely N-dealkylation sites (tertiary alicyclic amines) is 1. The first-order valence-corrected chi connectivity index (χ1v) is 12.3. The van der Waals surface area contributed by atoms with Crippen LogP contribution in [-0.4, -0.2) is 54.8 Å². The molecule has 2 aliphatic rings. The lowest BCUT2D eigenvalue weighted by molar-refractivity contribution is 0.0600. The number of amides is 1. The number of piperidine rings is 1. The van der Waals surface area contributed by atoms with Gasteiger partial charge in [-0.2, -0.15) is 15.5 Å². The topological polar surface area (TPSA) is 95.3 Å². The molecular formula is C26H28N8O. The number of rotatable bonds is 3. The SMILES string of the molecule is Cc1cn2nc(C3CCCCN3C(=O)c3nn(C)c4ccccc34)cc2nc1N1CCC(C#N)C1. The first kappa shape index (κ1) is 21.6. The van der Waals surface area contributed by atoms with Gasteiger partial charge in [-0.05, 0) is 38.7 Å². The number of hydrogen-bond donors (Lipinski definition) is 0. The molecule has 3 aromatic heterocycles. The second-order valence-electron chi connectivity index (χ2n) is 9.68. The Morgan fingerprint density at radius 1 is 1.14 bits per heavy atom. The van der Waals surface area contributed by atoms with Gasteiger partial charge in [0.2, 0.25) is 0 Å². The quantitative estimate of drug-likeness (QED) is 0.456. The fourth-order valence-electron chi connectivity index (χ4n) is 5.55. The summed E-state index contributed by atoms with van der Waals surface area (Å²) < 4.78 is 3.59. The van der Waals surface area contributed by atoms with E-state index in [9.17, 15) is 10.1 Å². The minimum atomic E-state index is -0.114. The number of benzene rings is 1. The van der Waals surface area contributed by atoms with E-state index in [1.54, 1.807) is 4.68 Å². The number of anilines is 1. The maximum absolute atomic E-state index is 13.7. The minimum Gasteiger partial charge on any atom is -0.355 e. The van der Waals surface area contributed by atoms with E-state index in [0.29, 0.717) is 18.8 Å². The van der Waals surface area contributed by atoms with E-state index in [1.807, 2.05) is 59.9 Å². The molecule has 0 bridgehead atoms. The highest BCUT2D eigenvalue weighted by molar-refractivity contribution is 6.05. The highest BCUT2D eigenvalue weighted by atomic mass is 16.2. The molecule has 5 heterocycles. The first-order valence-electron chi connectivity index (χ1n) is 12.3. The summed E-state index contributed by atoms with van der Waals surface area (Å²) in [7, 11) is 1.87. The van der Waals surface area contributed by atoms with Crippen LogP contribution in [-0.2, 0) is 7.05 Å². The number of hydrogen-bond acceptors (Lipinski definition) is 6. The normalized spacial score (nSPS) is 20.6. The van der Waals surface area contributed by atoms with Gasteiger partial charge < -0.3 is 9.80 Å². The van der Waals surface area contributed by atoms with Crippen molar-refractivity contribution in [2.24, 2.45) is 13.0 Å². The zero-order valence-electron chi connectivity index (χ0n) is 20.1. The van der Waals surface area contributed by atoms with E-state index in [0.717, 1.165) is 65.9 Å². The molecule has 9 nitrogen and oxygen atoms in total. The van der Waals surface area contributed by atoms with E-state index >= 15 is 0 Å². The van der Waals surface area contributed by atoms with Crippen LogP contribution in [0.2, 0.25) is 0 Å². The molecule has 2 saturated heterocycles. The van der Waals surface area contributed by atoms with E-state index in [1.165, 1.54) is 0 Å². The van der Waals surface area contributed by atoms with Crippen LogP contribution in [0, 0.1) is 24.2 Å². The molecule has 2 fully saturated rings. The highest BCUT2D eigenvalue weighted by Crippen LogP contribution is 2.34. The molecule has 178 valence electrons.